The molecule has 36 heavy (non-hydrogen) atoms. The Morgan fingerprint density at radius 1 is 1.14 bits per heavy atom. The number of likely N-dealkylation sites (tertiary alicyclic amines) is 1. The lowest BCUT2D eigenvalue weighted by molar-refractivity contribution is -0.137. The summed E-state index contributed by atoms with van der Waals surface area (Å²) in [5.74, 6) is 0.877. The van der Waals surface area contributed by atoms with Gasteiger partial charge in [0.1, 0.15) is 23.6 Å². The number of nitrogens with zero attached hydrogens (tertiary/aromatic N) is 5. The van der Waals surface area contributed by atoms with Gasteiger partial charge >= 0.3 is 6.18 Å². The Labute approximate surface area is 207 Å². The van der Waals surface area contributed by atoms with Crippen LogP contribution in [0.15, 0.2) is 42.9 Å². The van der Waals surface area contributed by atoms with Crippen molar-refractivity contribution in [3.8, 4) is 0 Å². The van der Waals surface area contributed by atoms with Crippen LogP contribution in [-0.4, -0.2) is 61.6 Å². The number of fused-ring (bicyclic) bond motifs is 1. The minimum Gasteiger partial charge on any atom is -0.388 e. The average molecular weight is 502 g/mol. The Morgan fingerprint density at radius 2 is 1.83 bits per heavy atom. The number of rotatable bonds is 8. The molecule has 2 fully saturated rings. The highest BCUT2D eigenvalue weighted by molar-refractivity contribution is 5.88. The number of hydrogen-bond donors (Lipinski definition) is 1. The fraction of sp³-hybridized carbons (Fsp3) is 0.500. The van der Waals surface area contributed by atoms with E-state index < -0.39 is 17.3 Å². The van der Waals surface area contributed by atoms with Crippen LogP contribution in [0.4, 0.5) is 19.0 Å². The first-order valence-electron chi connectivity index (χ1n) is 12.3. The molecular weight excluding hydrogens is 471 g/mol. The molecule has 1 N–H and O–H groups in total. The molecular formula is C26H30F3N5O2. The molecule has 2 aliphatic rings. The highest BCUT2D eigenvalue weighted by Crippen LogP contribution is 2.37. The van der Waals surface area contributed by atoms with Gasteiger partial charge in [-0.3, -0.25) is 9.69 Å². The molecule has 0 amide bonds. The monoisotopic (exact) mass is 501 g/mol. The molecule has 0 radical (unpaired) electrons. The molecule has 1 aliphatic heterocycles. The lowest BCUT2D eigenvalue weighted by Crippen LogP contribution is -2.47. The number of aliphatic hydroxyl groups is 1. The molecule has 3 aromatic rings. The Kier molecular flexibility index (Phi) is 6.50. The summed E-state index contributed by atoms with van der Waals surface area (Å²) in [5, 5.41) is 12.1. The molecule has 1 aromatic carbocycles. The quantitative estimate of drug-likeness (QED) is 0.502. The van der Waals surface area contributed by atoms with E-state index in [1.165, 1.54) is 18.5 Å². The SMILES string of the molecule is CC(=O)CN1CCC(O)(Cn2ccc3c(N(Cc4ccc(C(F)(F)F)cc4)C4CC4)ncnc32)CC1. The topological polar surface area (TPSA) is 74.5 Å². The number of hydrogen-bond acceptors (Lipinski definition) is 6. The summed E-state index contributed by atoms with van der Waals surface area (Å²) in [6.07, 6.45) is 2.21. The summed E-state index contributed by atoms with van der Waals surface area (Å²) < 4.78 is 40.8. The summed E-state index contributed by atoms with van der Waals surface area (Å²) in [7, 11) is 0. The molecule has 0 spiro atoms. The van der Waals surface area contributed by atoms with Crippen molar-refractivity contribution in [2.75, 3.05) is 24.5 Å². The first-order valence-corrected chi connectivity index (χ1v) is 12.3. The van der Waals surface area contributed by atoms with Gasteiger partial charge in [-0.05, 0) is 56.4 Å². The second-order valence-corrected chi connectivity index (χ2v) is 10.1. The van der Waals surface area contributed by atoms with Crippen molar-refractivity contribution in [3.05, 3.63) is 54.0 Å². The summed E-state index contributed by atoms with van der Waals surface area (Å²) in [4.78, 5) is 24.7. The van der Waals surface area contributed by atoms with Crippen LogP contribution in [0, 0.1) is 0 Å². The van der Waals surface area contributed by atoms with E-state index in [0.717, 1.165) is 47.4 Å². The van der Waals surface area contributed by atoms with Crippen LogP contribution >= 0.6 is 0 Å². The maximum Gasteiger partial charge on any atom is 0.416 e. The zero-order valence-electron chi connectivity index (χ0n) is 20.2. The summed E-state index contributed by atoms with van der Waals surface area (Å²) in [6, 6.07) is 7.51. The minimum atomic E-state index is -4.36. The van der Waals surface area contributed by atoms with Gasteiger partial charge < -0.3 is 14.6 Å². The second-order valence-electron chi connectivity index (χ2n) is 10.1. The fourth-order valence-corrected chi connectivity index (χ4v) is 5.02. The molecule has 1 saturated carbocycles. The Bertz CT molecular complexity index is 1230. The zero-order chi connectivity index (χ0) is 25.5. The number of alkyl halides is 3. The van der Waals surface area contributed by atoms with Gasteiger partial charge in [-0.2, -0.15) is 13.2 Å². The molecule has 0 bridgehead atoms. The van der Waals surface area contributed by atoms with Crippen LogP contribution < -0.4 is 4.90 Å². The fourth-order valence-electron chi connectivity index (χ4n) is 5.02. The smallest absolute Gasteiger partial charge is 0.388 e. The van der Waals surface area contributed by atoms with Crippen LogP contribution in [0.3, 0.4) is 0 Å². The molecule has 5 rings (SSSR count). The second kappa shape index (κ2) is 9.48. The Hall–Kier alpha value is -2.98. The number of carbonyl (C=O) groups is 1. The zero-order valence-corrected chi connectivity index (χ0v) is 20.2. The lowest BCUT2D eigenvalue weighted by Gasteiger charge is -2.38. The van der Waals surface area contributed by atoms with Crippen LogP contribution in [0.5, 0.6) is 0 Å². The van der Waals surface area contributed by atoms with E-state index in [2.05, 4.69) is 19.8 Å². The highest BCUT2D eigenvalue weighted by Gasteiger charge is 2.35. The molecule has 1 saturated heterocycles. The molecule has 2 aromatic heterocycles. The van der Waals surface area contributed by atoms with E-state index in [9.17, 15) is 23.1 Å². The normalized spacial score (nSPS) is 18.5. The summed E-state index contributed by atoms with van der Waals surface area (Å²) >= 11 is 0. The van der Waals surface area contributed by atoms with Gasteiger partial charge in [0.15, 0.2) is 0 Å². The number of ketones is 1. The maximum atomic E-state index is 13.0. The number of piperidine rings is 1. The van der Waals surface area contributed by atoms with Gasteiger partial charge in [0.25, 0.3) is 0 Å². The number of Topliss-reactive ketones (excluding diaryl/α,β-unsaturated/α-hetero) is 1. The largest absolute Gasteiger partial charge is 0.416 e. The van der Waals surface area contributed by atoms with E-state index in [0.29, 0.717) is 45.6 Å². The third-order valence-electron chi connectivity index (χ3n) is 7.13. The van der Waals surface area contributed by atoms with Gasteiger partial charge in [0, 0.05) is 31.9 Å². The van der Waals surface area contributed by atoms with Crippen molar-refractivity contribution < 1.29 is 23.1 Å². The van der Waals surface area contributed by atoms with Crippen molar-refractivity contribution in [1.29, 1.82) is 0 Å². The van der Waals surface area contributed by atoms with Crippen LogP contribution in [0.2, 0.25) is 0 Å². The van der Waals surface area contributed by atoms with Crippen LogP contribution in [0.1, 0.15) is 43.7 Å². The number of anilines is 1. The van der Waals surface area contributed by atoms with Crippen molar-refractivity contribution in [2.24, 2.45) is 0 Å². The van der Waals surface area contributed by atoms with Crippen LogP contribution in [0.25, 0.3) is 11.0 Å². The van der Waals surface area contributed by atoms with E-state index in [1.807, 2.05) is 16.8 Å². The predicted molar refractivity (Wildman–Crippen MR) is 129 cm³/mol. The number of carbonyl (C=O) groups excluding carboxylic acids is 1. The highest BCUT2D eigenvalue weighted by atomic mass is 19.4. The summed E-state index contributed by atoms with van der Waals surface area (Å²) in [5.41, 5.74) is -0.0398. The lowest BCUT2D eigenvalue weighted by atomic mass is 9.91. The Morgan fingerprint density at radius 3 is 2.44 bits per heavy atom. The van der Waals surface area contributed by atoms with Gasteiger partial charge in [-0.15, -0.1) is 0 Å². The van der Waals surface area contributed by atoms with E-state index in [1.54, 1.807) is 6.92 Å². The van der Waals surface area contributed by atoms with Gasteiger partial charge in [0.2, 0.25) is 0 Å². The molecule has 192 valence electrons. The van der Waals surface area contributed by atoms with Gasteiger partial charge in [-0.1, -0.05) is 12.1 Å². The van der Waals surface area contributed by atoms with Gasteiger partial charge in [-0.25, -0.2) is 9.97 Å². The van der Waals surface area contributed by atoms with E-state index in [-0.39, 0.29) is 11.8 Å². The molecule has 7 nitrogen and oxygen atoms in total. The third kappa shape index (κ3) is 5.39. The number of benzene rings is 1. The minimum absolute atomic E-state index is 0.123. The predicted octanol–water partition coefficient (Wildman–Crippen LogP) is 4.04. The van der Waals surface area contributed by atoms with Crippen molar-refractivity contribution in [2.45, 2.75) is 63.5 Å². The number of aromatic nitrogens is 3. The Balaban J connectivity index is 1.35. The first kappa shape index (κ1) is 24.7. The maximum absolute atomic E-state index is 13.0. The van der Waals surface area contributed by atoms with E-state index in [4.69, 9.17) is 0 Å². The van der Waals surface area contributed by atoms with Crippen molar-refractivity contribution in [1.82, 2.24) is 19.4 Å². The molecule has 0 unspecified atom stereocenters. The average Bonchev–Trinajstić information content (AvgIpc) is 3.59. The summed E-state index contributed by atoms with van der Waals surface area (Å²) in [6.45, 7) is 4.16. The van der Waals surface area contributed by atoms with E-state index >= 15 is 0 Å². The standard InChI is InChI=1S/C26H30F3N5O2/c1-18(35)14-32-12-9-25(36,10-13-32)16-33-11-8-22-23(33)30-17-31-24(22)34(21-6-7-21)15-19-2-4-20(5-3-19)26(27,28)29/h2-5,8,11,17,21,36H,6-7,9-10,12-16H2,1H3. The van der Waals surface area contributed by atoms with Crippen LogP contribution in [-0.2, 0) is 24.1 Å². The molecule has 3 heterocycles. The number of halogens is 3. The van der Waals surface area contributed by atoms with Crippen molar-refractivity contribution in [3.63, 3.8) is 0 Å². The molecule has 0 atom stereocenters. The molecule has 10 heteroatoms. The first-order chi connectivity index (χ1) is 17.1. The third-order valence-corrected chi connectivity index (χ3v) is 7.13. The van der Waals surface area contributed by atoms with Gasteiger partial charge in [0.05, 0.1) is 29.6 Å². The van der Waals surface area contributed by atoms with Crippen molar-refractivity contribution >= 4 is 22.6 Å². The molecule has 1 aliphatic carbocycles.